The molecule has 0 aliphatic carbocycles. The van der Waals surface area contributed by atoms with E-state index in [4.69, 9.17) is 4.74 Å². The summed E-state index contributed by atoms with van der Waals surface area (Å²) in [5.74, 6) is 0. The topological polar surface area (TPSA) is 24.5 Å². The molecule has 0 radical (unpaired) electrons. The van der Waals surface area contributed by atoms with Gasteiger partial charge in [-0.05, 0) is 36.1 Å². The molecule has 1 fully saturated rings. The third-order valence-corrected chi connectivity index (χ3v) is 3.77. The van der Waals surface area contributed by atoms with Gasteiger partial charge in [-0.25, -0.2) is 0 Å². The fourth-order valence-electron chi connectivity index (χ4n) is 2.83. The van der Waals surface area contributed by atoms with Gasteiger partial charge in [0.2, 0.25) is 0 Å². The van der Waals surface area contributed by atoms with E-state index in [1.165, 1.54) is 29.7 Å². The van der Waals surface area contributed by atoms with Crippen molar-refractivity contribution in [2.24, 2.45) is 0 Å². The first-order chi connectivity index (χ1) is 8.35. The highest BCUT2D eigenvalue weighted by Crippen LogP contribution is 2.26. The van der Waals surface area contributed by atoms with Crippen molar-refractivity contribution in [3.05, 3.63) is 29.3 Å². The van der Waals surface area contributed by atoms with E-state index in [-0.39, 0.29) is 0 Å². The molecule has 3 rings (SSSR count). The second kappa shape index (κ2) is 4.67. The third-order valence-electron chi connectivity index (χ3n) is 3.77. The summed E-state index contributed by atoms with van der Waals surface area (Å²) in [5, 5.41) is 3.20. The Morgan fingerprint density at radius 2 is 2.24 bits per heavy atom. The van der Waals surface area contributed by atoms with Crippen molar-refractivity contribution in [1.82, 2.24) is 4.90 Å². The van der Waals surface area contributed by atoms with Gasteiger partial charge in [0, 0.05) is 39.0 Å². The molecule has 92 valence electrons. The molecule has 1 unspecified atom stereocenters. The van der Waals surface area contributed by atoms with E-state index in [2.05, 4.69) is 28.4 Å². The molecule has 0 saturated carbocycles. The monoisotopic (exact) mass is 232 g/mol. The Kier molecular flexibility index (Phi) is 3.04. The number of ether oxygens (including phenoxy) is 1. The largest absolute Gasteiger partial charge is 0.388 e. The number of fused-ring (bicyclic) bond motifs is 1. The number of anilines is 1. The van der Waals surface area contributed by atoms with Crippen LogP contribution >= 0.6 is 0 Å². The van der Waals surface area contributed by atoms with Crippen LogP contribution in [0, 0.1) is 0 Å². The predicted octanol–water partition coefficient (Wildman–Crippen LogP) is 2.22. The van der Waals surface area contributed by atoms with Gasteiger partial charge in [-0.15, -0.1) is 0 Å². The first kappa shape index (κ1) is 11.1. The smallest absolute Gasteiger partial charge is 0.0703 e. The van der Waals surface area contributed by atoms with Crippen molar-refractivity contribution in [2.75, 3.05) is 25.5 Å². The Bertz CT molecular complexity index is 399. The second-order valence-corrected chi connectivity index (χ2v) is 5.04. The highest BCUT2D eigenvalue weighted by atomic mass is 16.5. The average molecular weight is 232 g/mol. The van der Waals surface area contributed by atoms with Crippen LogP contribution in [0.2, 0.25) is 0 Å². The summed E-state index contributed by atoms with van der Waals surface area (Å²) in [6.45, 7) is 4.20. The van der Waals surface area contributed by atoms with Crippen LogP contribution in [0.4, 0.5) is 5.69 Å². The first-order valence-corrected chi connectivity index (χ1v) is 6.48. The van der Waals surface area contributed by atoms with E-state index in [1.807, 2.05) is 7.05 Å². The Labute approximate surface area is 103 Å². The van der Waals surface area contributed by atoms with E-state index in [0.29, 0.717) is 6.10 Å². The number of hydrogen-bond donors (Lipinski definition) is 1. The molecule has 0 spiro atoms. The van der Waals surface area contributed by atoms with Gasteiger partial charge in [0.05, 0.1) is 6.10 Å². The van der Waals surface area contributed by atoms with E-state index < -0.39 is 0 Å². The molecule has 17 heavy (non-hydrogen) atoms. The lowest BCUT2D eigenvalue weighted by atomic mass is 10.1. The quantitative estimate of drug-likeness (QED) is 0.865. The van der Waals surface area contributed by atoms with Gasteiger partial charge in [0.15, 0.2) is 0 Å². The molecule has 1 aromatic carbocycles. The fraction of sp³-hybridized carbons (Fsp3) is 0.571. The summed E-state index contributed by atoms with van der Waals surface area (Å²) in [5.41, 5.74) is 4.15. The maximum absolute atomic E-state index is 5.70. The summed E-state index contributed by atoms with van der Waals surface area (Å²) < 4.78 is 5.70. The molecule has 2 aliphatic heterocycles. The molecule has 2 heterocycles. The average Bonchev–Trinajstić information content (AvgIpc) is 2.96. The summed E-state index contributed by atoms with van der Waals surface area (Å²) in [4.78, 5) is 2.50. The fourth-order valence-corrected chi connectivity index (χ4v) is 2.83. The Morgan fingerprint density at radius 1 is 1.35 bits per heavy atom. The second-order valence-electron chi connectivity index (χ2n) is 5.04. The highest BCUT2D eigenvalue weighted by molar-refractivity contribution is 5.49. The minimum absolute atomic E-state index is 0.466. The Morgan fingerprint density at radius 3 is 3.00 bits per heavy atom. The van der Waals surface area contributed by atoms with Crippen molar-refractivity contribution in [3.63, 3.8) is 0 Å². The van der Waals surface area contributed by atoms with Gasteiger partial charge in [0.25, 0.3) is 0 Å². The number of nitrogens with zero attached hydrogens (tertiary/aromatic N) is 1. The van der Waals surface area contributed by atoms with E-state index >= 15 is 0 Å². The molecule has 1 N–H and O–H groups in total. The zero-order chi connectivity index (χ0) is 11.7. The van der Waals surface area contributed by atoms with Crippen LogP contribution in [0.1, 0.15) is 24.0 Å². The minimum Gasteiger partial charge on any atom is -0.388 e. The Balaban J connectivity index is 1.65. The molecule has 0 bridgehead atoms. The molecule has 2 aliphatic rings. The van der Waals surface area contributed by atoms with Crippen LogP contribution in [0.5, 0.6) is 0 Å². The van der Waals surface area contributed by atoms with Crippen LogP contribution < -0.4 is 5.32 Å². The Hall–Kier alpha value is -1.06. The molecule has 0 aromatic heterocycles. The van der Waals surface area contributed by atoms with Gasteiger partial charge < -0.3 is 10.1 Å². The lowest BCUT2D eigenvalue weighted by Gasteiger charge is -2.18. The number of rotatable bonds is 3. The van der Waals surface area contributed by atoms with Crippen LogP contribution in [-0.4, -0.2) is 31.2 Å². The highest BCUT2D eigenvalue weighted by Gasteiger charge is 2.24. The SMILES string of the molecule is CNc1ccc2c(c1)CN(CC1CCCO1)C2. The zero-order valence-electron chi connectivity index (χ0n) is 10.4. The van der Waals surface area contributed by atoms with Crippen LogP contribution in [-0.2, 0) is 17.8 Å². The van der Waals surface area contributed by atoms with E-state index in [1.54, 1.807) is 0 Å². The van der Waals surface area contributed by atoms with Gasteiger partial charge in [0.1, 0.15) is 0 Å². The van der Waals surface area contributed by atoms with Gasteiger partial charge >= 0.3 is 0 Å². The van der Waals surface area contributed by atoms with Crippen molar-refractivity contribution in [1.29, 1.82) is 0 Å². The van der Waals surface area contributed by atoms with Crippen LogP contribution in [0.15, 0.2) is 18.2 Å². The normalized spacial score (nSPS) is 23.9. The van der Waals surface area contributed by atoms with Crippen molar-refractivity contribution in [3.8, 4) is 0 Å². The lowest BCUT2D eigenvalue weighted by molar-refractivity contribution is 0.0723. The van der Waals surface area contributed by atoms with E-state index in [0.717, 1.165) is 26.2 Å². The molecular weight excluding hydrogens is 212 g/mol. The molecule has 3 nitrogen and oxygen atoms in total. The first-order valence-electron chi connectivity index (χ1n) is 6.48. The van der Waals surface area contributed by atoms with Crippen molar-refractivity contribution >= 4 is 5.69 Å². The maximum atomic E-state index is 5.70. The molecule has 3 heteroatoms. The standard InChI is InChI=1S/C14H20N2O/c1-15-13-5-4-11-8-16(9-12(11)7-13)10-14-3-2-6-17-14/h4-5,7,14-15H,2-3,6,8-10H2,1H3. The van der Waals surface area contributed by atoms with Gasteiger partial charge in [-0.1, -0.05) is 6.07 Å². The number of benzene rings is 1. The molecule has 1 aromatic rings. The summed E-state index contributed by atoms with van der Waals surface area (Å²) in [7, 11) is 1.97. The number of hydrogen-bond acceptors (Lipinski definition) is 3. The maximum Gasteiger partial charge on any atom is 0.0703 e. The van der Waals surface area contributed by atoms with Crippen LogP contribution in [0.25, 0.3) is 0 Å². The molecule has 1 atom stereocenters. The van der Waals surface area contributed by atoms with Crippen molar-refractivity contribution < 1.29 is 4.74 Å². The zero-order valence-corrected chi connectivity index (χ0v) is 10.4. The molecular formula is C14H20N2O. The third kappa shape index (κ3) is 2.31. The van der Waals surface area contributed by atoms with Crippen molar-refractivity contribution in [2.45, 2.75) is 32.0 Å². The summed E-state index contributed by atoms with van der Waals surface area (Å²) in [6.07, 6.45) is 2.93. The molecule has 0 amide bonds. The summed E-state index contributed by atoms with van der Waals surface area (Å²) >= 11 is 0. The van der Waals surface area contributed by atoms with Gasteiger partial charge in [-0.2, -0.15) is 0 Å². The molecule has 1 saturated heterocycles. The summed E-state index contributed by atoms with van der Waals surface area (Å²) in [6, 6.07) is 6.68. The predicted molar refractivity (Wildman–Crippen MR) is 69.1 cm³/mol. The number of nitrogens with one attached hydrogen (secondary N) is 1. The van der Waals surface area contributed by atoms with Crippen LogP contribution in [0.3, 0.4) is 0 Å². The van der Waals surface area contributed by atoms with E-state index in [9.17, 15) is 0 Å². The van der Waals surface area contributed by atoms with Gasteiger partial charge in [-0.3, -0.25) is 4.90 Å². The minimum atomic E-state index is 0.466. The lowest BCUT2D eigenvalue weighted by Crippen LogP contribution is -2.27.